The number of nitrogens with one attached hydrogen (secondary N) is 1. The standard InChI is InChI=1S/C13H24N2O3S/c1-3-5-6-11-13(16)15(12(4-2)14-11)10-7-8-19(17,18)9-10/h10-12,14H,3-9H2,1-2H3. The van der Waals surface area contributed by atoms with E-state index in [4.69, 9.17) is 0 Å². The molecule has 0 radical (unpaired) electrons. The highest BCUT2D eigenvalue weighted by molar-refractivity contribution is 7.91. The Morgan fingerprint density at radius 3 is 2.63 bits per heavy atom. The predicted molar refractivity (Wildman–Crippen MR) is 74.4 cm³/mol. The monoisotopic (exact) mass is 288 g/mol. The summed E-state index contributed by atoms with van der Waals surface area (Å²) in [5, 5.41) is 3.36. The Hall–Kier alpha value is -0.620. The molecule has 0 aromatic rings. The Bertz CT molecular complexity index is 435. The molecular weight excluding hydrogens is 264 g/mol. The number of hydrogen-bond acceptors (Lipinski definition) is 4. The van der Waals surface area contributed by atoms with E-state index >= 15 is 0 Å². The van der Waals surface area contributed by atoms with Crippen molar-refractivity contribution in [3.05, 3.63) is 0 Å². The Labute approximate surface area is 115 Å². The Balaban J connectivity index is 2.08. The Kier molecular flexibility index (Phi) is 4.50. The average Bonchev–Trinajstić information content (AvgIpc) is 2.87. The van der Waals surface area contributed by atoms with Crippen molar-refractivity contribution >= 4 is 15.7 Å². The van der Waals surface area contributed by atoms with Crippen LogP contribution in [0.15, 0.2) is 0 Å². The van der Waals surface area contributed by atoms with Crippen molar-refractivity contribution in [2.75, 3.05) is 11.5 Å². The van der Waals surface area contributed by atoms with Crippen molar-refractivity contribution < 1.29 is 13.2 Å². The molecule has 0 aromatic carbocycles. The third kappa shape index (κ3) is 3.11. The minimum atomic E-state index is -2.94. The first kappa shape index (κ1) is 14.8. The topological polar surface area (TPSA) is 66.5 Å². The minimum absolute atomic E-state index is 0.00709. The summed E-state index contributed by atoms with van der Waals surface area (Å²) in [4.78, 5) is 14.3. The van der Waals surface area contributed by atoms with Gasteiger partial charge in [0, 0.05) is 6.04 Å². The van der Waals surface area contributed by atoms with Crippen molar-refractivity contribution in [2.24, 2.45) is 0 Å². The lowest BCUT2D eigenvalue weighted by Gasteiger charge is -2.28. The fraction of sp³-hybridized carbons (Fsp3) is 0.923. The fourth-order valence-electron chi connectivity index (χ4n) is 3.08. The number of carbonyl (C=O) groups is 1. The first-order valence-electron chi connectivity index (χ1n) is 7.27. The van der Waals surface area contributed by atoms with E-state index in [0.717, 1.165) is 25.7 Å². The van der Waals surface area contributed by atoms with Gasteiger partial charge in [0.1, 0.15) is 0 Å². The zero-order chi connectivity index (χ0) is 14.0. The molecule has 19 heavy (non-hydrogen) atoms. The highest BCUT2D eigenvalue weighted by atomic mass is 32.2. The molecule has 0 bridgehead atoms. The van der Waals surface area contributed by atoms with Crippen molar-refractivity contribution in [2.45, 2.75) is 64.2 Å². The molecule has 2 heterocycles. The number of nitrogens with zero attached hydrogens (tertiary/aromatic N) is 1. The van der Waals surface area contributed by atoms with Crippen LogP contribution in [0.1, 0.15) is 46.0 Å². The third-order valence-corrected chi connectivity index (χ3v) is 5.87. The number of carbonyl (C=O) groups excluding carboxylic acids is 1. The van der Waals surface area contributed by atoms with E-state index in [-0.39, 0.29) is 35.7 Å². The van der Waals surface area contributed by atoms with Crippen molar-refractivity contribution in [1.29, 1.82) is 0 Å². The molecule has 3 atom stereocenters. The van der Waals surface area contributed by atoms with Gasteiger partial charge in [0.15, 0.2) is 9.84 Å². The number of rotatable bonds is 5. The van der Waals surface area contributed by atoms with E-state index in [1.165, 1.54) is 0 Å². The van der Waals surface area contributed by atoms with Crippen LogP contribution < -0.4 is 5.32 Å². The lowest BCUT2D eigenvalue weighted by Crippen LogP contribution is -2.45. The van der Waals surface area contributed by atoms with E-state index in [1.54, 1.807) is 0 Å². The summed E-state index contributed by atoms with van der Waals surface area (Å²) in [5.74, 6) is 0.456. The van der Waals surface area contributed by atoms with Crippen LogP contribution in [0.3, 0.4) is 0 Å². The summed E-state index contributed by atoms with van der Waals surface area (Å²) in [5.41, 5.74) is 0. The number of hydrogen-bond donors (Lipinski definition) is 1. The molecule has 2 fully saturated rings. The van der Waals surface area contributed by atoms with Crippen LogP contribution in [0.2, 0.25) is 0 Å². The molecule has 2 aliphatic heterocycles. The summed E-state index contributed by atoms with van der Waals surface area (Å²) < 4.78 is 23.2. The molecule has 1 N–H and O–H groups in total. The van der Waals surface area contributed by atoms with Crippen LogP contribution in [0, 0.1) is 0 Å². The van der Waals surface area contributed by atoms with Gasteiger partial charge in [-0.3, -0.25) is 10.1 Å². The molecule has 0 saturated carbocycles. The van der Waals surface area contributed by atoms with Gasteiger partial charge in [-0.05, 0) is 19.3 Å². The second-order valence-corrected chi connectivity index (χ2v) is 7.82. The molecule has 0 aliphatic carbocycles. The highest BCUT2D eigenvalue weighted by Crippen LogP contribution is 2.26. The van der Waals surface area contributed by atoms with Crippen LogP contribution in [-0.2, 0) is 14.6 Å². The Morgan fingerprint density at radius 1 is 1.37 bits per heavy atom. The van der Waals surface area contributed by atoms with E-state index in [2.05, 4.69) is 12.2 Å². The van der Waals surface area contributed by atoms with E-state index in [9.17, 15) is 13.2 Å². The molecule has 0 aromatic heterocycles. The van der Waals surface area contributed by atoms with Crippen molar-refractivity contribution in [1.82, 2.24) is 10.2 Å². The molecule has 110 valence electrons. The quantitative estimate of drug-likeness (QED) is 0.816. The molecule has 1 amide bonds. The van der Waals surface area contributed by atoms with Gasteiger partial charge in [-0.25, -0.2) is 8.42 Å². The van der Waals surface area contributed by atoms with Crippen LogP contribution in [0.25, 0.3) is 0 Å². The minimum Gasteiger partial charge on any atom is -0.322 e. The number of unbranched alkanes of at least 4 members (excludes halogenated alkanes) is 1. The normalized spacial score (nSPS) is 34.1. The first-order valence-corrected chi connectivity index (χ1v) is 9.09. The fourth-order valence-corrected chi connectivity index (χ4v) is 4.79. The lowest BCUT2D eigenvalue weighted by atomic mass is 10.1. The zero-order valence-electron chi connectivity index (χ0n) is 11.8. The Morgan fingerprint density at radius 2 is 2.11 bits per heavy atom. The maximum Gasteiger partial charge on any atom is 0.241 e. The molecule has 2 aliphatic rings. The largest absolute Gasteiger partial charge is 0.322 e. The summed E-state index contributed by atoms with van der Waals surface area (Å²) in [6.45, 7) is 4.14. The van der Waals surface area contributed by atoms with Crippen LogP contribution >= 0.6 is 0 Å². The molecule has 5 nitrogen and oxygen atoms in total. The van der Waals surface area contributed by atoms with Crippen molar-refractivity contribution in [3.63, 3.8) is 0 Å². The molecule has 6 heteroatoms. The molecule has 2 rings (SSSR count). The average molecular weight is 288 g/mol. The van der Waals surface area contributed by atoms with Gasteiger partial charge >= 0.3 is 0 Å². The van der Waals surface area contributed by atoms with E-state index in [0.29, 0.717) is 6.42 Å². The smallest absolute Gasteiger partial charge is 0.241 e. The number of amides is 1. The maximum absolute atomic E-state index is 12.4. The van der Waals surface area contributed by atoms with Gasteiger partial charge in [-0.1, -0.05) is 26.7 Å². The zero-order valence-corrected chi connectivity index (χ0v) is 12.6. The highest BCUT2D eigenvalue weighted by Gasteiger charge is 2.44. The summed E-state index contributed by atoms with van der Waals surface area (Å²) in [6.07, 6.45) is 4.36. The summed E-state index contributed by atoms with van der Waals surface area (Å²) in [7, 11) is -2.94. The molecule has 3 unspecified atom stereocenters. The third-order valence-electron chi connectivity index (χ3n) is 4.12. The van der Waals surface area contributed by atoms with Crippen LogP contribution in [0.5, 0.6) is 0 Å². The number of sulfone groups is 1. The predicted octanol–water partition coefficient (Wildman–Crippen LogP) is 0.900. The van der Waals surface area contributed by atoms with Gasteiger partial charge in [-0.2, -0.15) is 0 Å². The van der Waals surface area contributed by atoms with E-state index < -0.39 is 9.84 Å². The molecular formula is C13H24N2O3S. The SMILES string of the molecule is CCCCC1NC(CC)N(C2CCS(=O)(=O)C2)C1=O. The second-order valence-electron chi connectivity index (χ2n) is 5.59. The van der Waals surface area contributed by atoms with Gasteiger partial charge in [0.25, 0.3) is 0 Å². The first-order chi connectivity index (χ1) is 8.98. The second kappa shape index (κ2) is 5.79. The lowest BCUT2D eigenvalue weighted by molar-refractivity contribution is -0.132. The summed E-state index contributed by atoms with van der Waals surface area (Å²) in [6, 6.07) is -0.241. The van der Waals surface area contributed by atoms with Crippen LogP contribution in [0.4, 0.5) is 0 Å². The molecule has 2 saturated heterocycles. The van der Waals surface area contributed by atoms with Crippen molar-refractivity contribution in [3.8, 4) is 0 Å². The van der Waals surface area contributed by atoms with Crippen LogP contribution in [-0.4, -0.2) is 49.0 Å². The molecule has 0 spiro atoms. The van der Waals surface area contributed by atoms with Gasteiger partial charge in [0.05, 0.1) is 23.7 Å². The maximum atomic E-state index is 12.4. The van der Waals surface area contributed by atoms with Gasteiger partial charge < -0.3 is 4.90 Å². The van der Waals surface area contributed by atoms with Gasteiger partial charge in [0.2, 0.25) is 5.91 Å². The summed E-state index contributed by atoms with van der Waals surface area (Å²) >= 11 is 0. The van der Waals surface area contributed by atoms with E-state index in [1.807, 2.05) is 11.8 Å². The van der Waals surface area contributed by atoms with Gasteiger partial charge in [-0.15, -0.1) is 0 Å².